The van der Waals surface area contributed by atoms with Crippen LogP contribution in [-0.4, -0.2) is 0 Å². The van der Waals surface area contributed by atoms with Crippen molar-refractivity contribution in [1.29, 1.82) is 0 Å². The number of fused-ring (bicyclic) bond motifs is 2. The molecule has 90 valence electrons. The Balaban J connectivity index is 1.75. The summed E-state index contributed by atoms with van der Waals surface area (Å²) in [6.07, 6.45) is 0. The van der Waals surface area contributed by atoms with Gasteiger partial charge in [0.2, 0.25) is 0 Å². The molecule has 2 aromatic carbocycles. The molecule has 2 heterocycles. The molecule has 4 rings (SSSR count). The highest BCUT2D eigenvalue weighted by Gasteiger charge is 2.33. The van der Waals surface area contributed by atoms with Crippen molar-refractivity contribution in [2.75, 3.05) is 0 Å². The van der Waals surface area contributed by atoms with Crippen LogP contribution in [0.1, 0.15) is 34.3 Å². The molecule has 2 nitrogen and oxygen atoms in total. The zero-order valence-electron chi connectivity index (χ0n) is 10.2. The topological polar surface area (TPSA) is 24.1 Å². The third-order valence-electron chi connectivity index (χ3n) is 4.14. The molecule has 2 aliphatic rings. The van der Waals surface area contributed by atoms with Crippen LogP contribution in [0.5, 0.6) is 0 Å². The van der Waals surface area contributed by atoms with Gasteiger partial charge in [-0.05, 0) is 22.3 Å². The maximum absolute atomic E-state index is 3.64. The van der Waals surface area contributed by atoms with Gasteiger partial charge < -0.3 is 10.6 Å². The Kier molecular flexibility index (Phi) is 2.25. The molecular weight excluding hydrogens is 220 g/mol. The van der Waals surface area contributed by atoms with Crippen molar-refractivity contribution in [3.05, 3.63) is 70.8 Å². The van der Waals surface area contributed by atoms with Crippen molar-refractivity contribution in [3.8, 4) is 0 Å². The number of rotatable bonds is 1. The molecule has 2 atom stereocenters. The normalized spacial score (nSPS) is 24.9. The monoisotopic (exact) mass is 236 g/mol. The summed E-state index contributed by atoms with van der Waals surface area (Å²) in [6.45, 7) is 1.97. The Morgan fingerprint density at radius 3 is 1.61 bits per heavy atom. The zero-order valence-corrected chi connectivity index (χ0v) is 10.2. The van der Waals surface area contributed by atoms with E-state index in [2.05, 4.69) is 59.2 Å². The fraction of sp³-hybridized carbons (Fsp3) is 0.250. The average molecular weight is 236 g/mol. The van der Waals surface area contributed by atoms with Crippen LogP contribution in [-0.2, 0) is 13.1 Å². The molecule has 2 N–H and O–H groups in total. The van der Waals surface area contributed by atoms with Gasteiger partial charge in [-0.15, -0.1) is 0 Å². The van der Waals surface area contributed by atoms with Crippen LogP contribution in [0.3, 0.4) is 0 Å². The van der Waals surface area contributed by atoms with Crippen molar-refractivity contribution < 1.29 is 0 Å². The summed E-state index contributed by atoms with van der Waals surface area (Å²) in [4.78, 5) is 0. The van der Waals surface area contributed by atoms with Crippen LogP contribution >= 0.6 is 0 Å². The maximum Gasteiger partial charge on any atom is 0.0524 e. The summed E-state index contributed by atoms with van der Waals surface area (Å²) < 4.78 is 0. The van der Waals surface area contributed by atoms with E-state index in [1.54, 1.807) is 0 Å². The predicted octanol–water partition coefficient (Wildman–Crippen LogP) is 2.68. The van der Waals surface area contributed by atoms with Crippen molar-refractivity contribution in [1.82, 2.24) is 10.6 Å². The highest BCUT2D eigenvalue weighted by molar-refractivity contribution is 5.41. The number of nitrogens with one attached hydrogen (secondary N) is 2. The molecule has 0 fully saturated rings. The van der Waals surface area contributed by atoms with Gasteiger partial charge in [-0.25, -0.2) is 0 Å². The quantitative estimate of drug-likeness (QED) is 0.795. The number of hydrogen-bond donors (Lipinski definition) is 2. The lowest BCUT2D eigenvalue weighted by atomic mass is 9.94. The molecule has 2 aliphatic heterocycles. The molecular formula is C16H16N2. The molecule has 0 unspecified atom stereocenters. The molecule has 0 radical (unpaired) electrons. The van der Waals surface area contributed by atoms with Crippen LogP contribution in [0.25, 0.3) is 0 Å². The average Bonchev–Trinajstić information content (AvgIpc) is 3.01. The summed E-state index contributed by atoms with van der Waals surface area (Å²) in [7, 11) is 0. The summed E-state index contributed by atoms with van der Waals surface area (Å²) in [6, 6.07) is 18.3. The van der Waals surface area contributed by atoms with E-state index in [0.29, 0.717) is 12.1 Å². The standard InChI is InChI=1S/C16H16N2/c1-3-7-13-11(5-1)9-17-15(13)16-14-8-4-2-6-12(14)10-18-16/h1-8,15-18H,9-10H2/t15-,16-/m0/s1. The summed E-state index contributed by atoms with van der Waals surface area (Å²) in [5, 5.41) is 7.28. The van der Waals surface area contributed by atoms with Crippen molar-refractivity contribution >= 4 is 0 Å². The lowest BCUT2D eigenvalue weighted by Crippen LogP contribution is -2.26. The van der Waals surface area contributed by atoms with E-state index in [1.165, 1.54) is 22.3 Å². The lowest BCUT2D eigenvalue weighted by Gasteiger charge is -2.21. The Labute approximate surface area is 107 Å². The smallest absolute Gasteiger partial charge is 0.0524 e. The molecule has 0 bridgehead atoms. The largest absolute Gasteiger partial charge is 0.304 e. The fourth-order valence-corrected chi connectivity index (χ4v) is 3.25. The number of hydrogen-bond acceptors (Lipinski definition) is 2. The molecule has 0 aromatic heterocycles. The van der Waals surface area contributed by atoms with Gasteiger partial charge >= 0.3 is 0 Å². The van der Waals surface area contributed by atoms with Gasteiger partial charge in [0, 0.05) is 13.1 Å². The number of benzene rings is 2. The van der Waals surface area contributed by atoms with Crippen LogP contribution in [0, 0.1) is 0 Å². The van der Waals surface area contributed by atoms with E-state index < -0.39 is 0 Å². The second-order valence-corrected chi connectivity index (χ2v) is 5.11. The minimum absolute atomic E-state index is 0.407. The second kappa shape index (κ2) is 3.94. The first kappa shape index (κ1) is 10.3. The third kappa shape index (κ3) is 1.43. The van der Waals surface area contributed by atoms with E-state index in [9.17, 15) is 0 Å². The van der Waals surface area contributed by atoms with E-state index in [0.717, 1.165) is 13.1 Å². The Bertz CT molecular complexity index is 538. The maximum atomic E-state index is 3.64. The van der Waals surface area contributed by atoms with Crippen LogP contribution in [0.15, 0.2) is 48.5 Å². The first-order valence-corrected chi connectivity index (χ1v) is 6.56. The van der Waals surface area contributed by atoms with Gasteiger partial charge in [0.05, 0.1) is 12.1 Å². The van der Waals surface area contributed by atoms with Crippen molar-refractivity contribution in [2.24, 2.45) is 0 Å². The first-order valence-electron chi connectivity index (χ1n) is 6.56. The van der Waals surface area contributed by atoms with Gasteiger partial charge in [0.25, 0.3) is 0 Å². The van der Waals surface area contributed by atoms with Crippen LogP contribution in [0.2, 0.25) is 0 Å². The zero-order chi connectivity index (χ0) is 11.9. The first-order chi connectivity index (χ1) is 8.93. The summed E-state index contributed by atoms with van der Waals surface area (Å²) in [5.74, 6) is 0. The molecule has 18 heavy (non-hydrogen) atoms. The molecule has 0 spiro atoms. The van der Waals surface area contributed by atoms with Gasteiger partial charge in [-0.1, -0.05) is 48.5 Å². The van der Waals surface area contributed by atoms with Gasteiger partial charge in [0.15, 0.2) is 0 Å². The van der Waals surface area contributed by atoms with E-state index >= 15 is 0 Å². The lowest BCUT2D eigenvalue weighted by molar-refractivity contribution is 0.430. The fourth-order valence-electron chi connectivity index (χ4n) is 3.25. The predicted molar refractivity (Wildman–Crippen MR) is 72.0 cm³/mol. The molecule has 0 amide bonds. The highest BCUT2D eigenvalue weighted by Crippen LogP contribution is 2.39. The summed E-state index contributed by atoms with van der Waals surface area (Å²) >= 11 is 0. The minimum Gasteiger partial charge on any atom is -0.304 e. The van der Waals surface area contributed by atoms with Crippen LogP contribution in [0.4, 0.5) is 0 Å². The molecule has 0 aliphatic carbocycles. The second-order valence-electron chi connectivity index (χ2n) is 5.11. The van der Waals surface area contributed by atoms with Crippen molar-refractivity contribution in [2.45, 2.75) is 25.2 Å². The highest BCUT2D eigenvalue weighted by atomic mass is 15.1. The Morgan fingerprint density at radius 2 is 1.11 bits per heavy atom. The van der Waals surface area contributed by atoms with Gasteiger partial charge in [-0.3, -0.25) is 0 Å². The molecule has 0 saturated carbocycles. The van der Waals surface area contributed by atoms with E-state index in [-0.39, 0.29) is 0 Å². The SMILES string of the molecule is c1ccc2c(c1)CN[C@@H]2[C@H]1NCc2ccccc21. The van der Waals surface area contributed by atoms with Gasteiger partial charge in [0.1, 0.15) is 0 Å². The van der Waals surface area contributed by atoms with Crippen molar-refractivity contribution in [3.63, 3.8) is 0 Å². The molecule has 0 saturated heterocycles. The Hall–Kier alpha value is -1.64. The molecule has 2 aromatic rings. The summed E-state index contributed by atoms with van der Waals surface area (Å²) in [5.41, 5.74) is 5.78. The van der Waals surface area contributed by atoms with Crippen LogP contribution < -0.4 is 10.6 Å². The third-order valence-corrected chi connectivity index (χ3v) is 4.14. The molecule has 2 heteroatoms. The van der Waals surface area contributed by atoms with E-state index in [1.807, 2.05) is 0 Å². The minimum atomic E-state index is 0.407. The Morgan fingerprint density at radius 1 is 0.667 bits per heavy atom. The van der Waals surface area contributed by atoms with E-state index in [4.69, 9.17) is 0 Å². The van der Waals surface area contributed by atoms with Gasteiger partial charge in [-0.2, -0.15) is 0 Å².